The highest BCUT2D eigenvalue weighted by molar-refractivity contribution is 7.93. The minimum absolute atomic E-state index is 0.134. The molecule has 4 rings (SSSR count). The summed E-state index contributed by atoms with van der Waals surface area (Å²) in [6.07, 6.45) is 3.87. The van der Waals surface area contributed by atoms with Crippen LogP contribution in [0, 0.1) is 5.92 Å². The van der Waals surface area contributed by atoms with Crippen LogP contribution < -0.4 is 4.74 Å². The Morgan fingerprint density at radius 1 is 1.35 bits per heavy atom. The normalized spacial score (nSPS) is 23.0. The van der Waals surface area contributed by atoms with Crippen molar-refractivity contribution in [1.82, 2.24) is 19.7 Å². The van der Waals surface area contributed by atoms with Crippen molar-refractivity contribution in [3.05, 3.63) is 42.4 Å². The number of aryl methyl sites for hydroxylation is 1. The highest BCUT2D eigenvalue weighted by atomic mass is 32.2. The summed E-state index contributed by atoms with van der Waals surface area (Å²) in [5.74, 6) is 0.229. The number of likely N-dealkylation sites (tertiary alicyclic amines) is 1. The second kappa shape index (κ2) is 6.08. The monoisotopic (exact) mass is 376 g/mol. The summed E-state index contributed by atoms with van der Waals surface area (Å²) in [4.78, 5) is 18.2. The molecular weight excluding hydrogens is 356 g/mol. The van der Waals surface area contributed by atoms with E-state index in [1.165, 1.54) is 0 Å². The molecule has 0 aromatic carbocycles. The first-order valence-electron chi connectivity index (χ1n) is 8.46. The molecule has 1 spiro atoms. The highest BCUT2D eigenvalue weighted by Gasteiger charge is 2.62. The molecule has 2 aromatic rings. The Morgan fingerprint density at radius 3 is 2.81 bits per heavy atom. The van der Waals surface area contributed by atoms with Gasteiger partial charge >= 0.3 is 0 Å². The number of rotatable bonds is 4. The Hall–Kier alpha value is -2.42. The molecule has 2 aliphatic heterocycles. The van der Waals surface area contributed by atoms with Crippen molar-refractivity contribution in [2.45, 2.75) is 11.2 Å². The van der Waals surface area contributed by atoms with Crippen LogP contribution in [0.4, 0.5) is 0 Å². The van der Waals surface area contributed by atoms with Crippen molar-refractivity contribution in [2.75, 3.05) is 25.4 Å². The minimum atomic E-state index is -3.27. The molecule has 0 N–H and O–H groups in total. The van der Waals surface area contributed by atoms with Crippen LogP contribution in [0.3, 0.4) is 0 Å². The lowest BCUT2D eigenvalue weighted by molar-refractivity contribution is 0.0401. The number of ether oxygens (including phenoxy) is 1. The number of nitrogens with zero attached hydrogens (tertiary/aromatic N) is 4. The van der Waals surface area contributed by atoms with Gasteiger partial charge in [0.15, 0.2) is 9.84 Å². The fourth-order valence-electron chi connectivity index (χ4n) is 3.76. The molecule has 0 bridgehead atoms. The van der Waals surface area contributed by atoms with E-state index in [1.807, 2.05) is 6.07 Å². The number of carbonyl (C=O) groups is 1. The molecule has 0 saturated carbocycles. The minimum Gasteiger partial charge on any atom is -0.477 e. The van der Waals surface area contributed by atoms with Crippen LogP contribution >= 0.6 is 0 Å². The summed E-state index contributed by atoms with van der Waals surface area (Å²) >= 11 is 0. The summed E-state index contributed by atoms with van der Waals surface area (Å²) in [5, 5.41) is 4.10. The summed E-state index contributed by atoms with van der Waals surface area (Å²) in [6.45, 7) is 0.670. The zero-order valence-electron chi connectivity index (χ0n) is 14.4. The van der Waals surface area contributed by atoms with Gasteiger partial charge in [0.2, 0.25) is 5.88 Å². The van der Waals surface area contributed by atoms with Gasteiger partial charge in [-0.05, 0) is 18.6 Å². The van der Waals surface area contributed by atoms with Crippen LogP contribution in [0.25, 0.3) is 0 Å². The second-order valence-corrected chi connectivity index (χ2v) is 9.33. The number of amides is 1. The smallest absolute Gasteiger partial charge is 0.274 e. The van der Waals surface area contributed by atoms with Crippen molar-refractivity contribution in [2.24, 2.45) is 13.0 Å². The molecular formula is C17H20N4O4S. The third-order valence-corrected chi connectivity index (χ3v) is 7.91. The Bertz CT molecular complexity index is 919. The molecule has 26 heavy (non-hydrogen) atoms. The zero-order chi connectivity index (χ0) is 18.4. The van der Waals surface area contributed by atoms with E-state index in [2.05, 4.69) is 10.1 Å². The average molecular weight is 376 g/mol. The van der Waals surface area contributed by atoms with E-state index in [9.17, 15) is 13.2 Å². The van der Waals surface area contributed by atoms with Crippen molar-refractivity contribution in [3.63, 3.8) is 0 Å². The number of carbonyl (C=O) groups excluding carboxylic acids is 1. The fraction of sp³-hybridized carbons (Fsp3) is 0.471. The van der Waals surface area contributed by atoms with Gasteiger partial charge in [-0.25, -0.2) is 13.4 Å². The first-order valence-corrected chi connectivity index (χ1v) is 10.1. The fourth-order valence-corrected chi connectivity index (χ4v) is 6.16. The summed E-state index contributed by atoms with van der Waals surface area (Å²) in [6, 6.07) is 6.99. The van der Waals surface area contributed by atoms with E-state index >= 15 is 0 Å². The van der Waals surface area contributed by atoms with Gasteiger partial charge < -0.3 is 9.64 Å². The SMILES string of the molecule is Cn1ccc(C(=O)N2CC3(C2)[C@H](COc2ccccn2)CCS3(=O)=O)n1. The van der Waals surface area contributed by atoms with E-state index < -0.39 is 14.6 Å². The van der Waals surface area contributed by atoms with Gasteiger partial charge in [0.05, 0.1) is 12.4 Å². The largest absolute Gasteiger partial charge is 0.477 e. The number of aromatic nitrogens is 3. The molecule has 2 fully saturated rings. The molecule has 2 aromatic heterocycles. The Morgan fingerprint density at radius 2 is 2.15 bits per heavy atom. The van der Waals surface area contributed by atoms with Gasteiger partial charge in [0.25, 0.3) is 5.91 Å². The third-order valence-electron chi connectivity index (χ3n) is 5.31. The van der Waals surface area contributed by atoms with Crippen LogP contribution in [0.1, 0.15) is 16.9 Å². The number of hydrogen-bond acceptors (Lipinski definition) is 6. The van der Waals surface area contributed by atoms with Crippen molar-refractivity contribution in [3.8, 4) is 5.88 Å². The van der Waals surface area contributed by atoms with E-state index in [-0.39, 0.29) is 37.3 Å². The predicted molar refractivity (Wildman–Crippen MR) is 93.5 cm³/mol. The molecule has 138 valence electrons. The summed E-state index contributed by atoms with van der Waals surface area (Å²) < 4.78 is 31.7. The number of pyridine rings is 1. The third kappa shape index (κ3) is 2.66. The standard InChI is InChI=1S/C17H20N4O4S/c1-20-8-5-14(19-20)16(22)21-11-17(12-21)13(6-9-26(17,23)24)10-25-15-4-2-3-7-18-15/h2-5,7-8,13H,6,9-12H2,1H3/t13-/m0/s1. The van der Waals surface area contributed by atoms with Crippen LogP contribution in [0.5, 0.6) is 5.88 Å². The van der Waals surface area contributed by atoms with Crippen molar-refractivity contribution < 1.29 is 17.9 Å². The molecule has 9 heteroatoms. The first-order chi connectivity index (χ1) is 12.4. The van der Waals surface area contributed by atoms with Gasteiger partial charge in [-0.2, -0.15) is 5.10 Å². The molecule has 2 saturated heterocycles. The van der Waals surface area contributed by atoms with Gasteiger partial charge in [-0.1, -0.05) is 6.07 Å². The topological polar surface area (TPSA) is 94.4 Å². The average Bonchev–Trinajstić information content (AvgIpc) is 3.13. The first kappa shape index (κ1) is 17.0. The van der Waals surface area contributed by atoms with Crippen molar-refractivity contribution >= 4 is 15.7 Å². The highest BCUT2D eigenvalue weighted by Crippen LogP contribution is 2.45. The molecule has 0 radical (unpaired) electrons. The second-order valence-electron chi connectivity index (χ2n) is 6.88. The van der Waals surface area contributed by atoms with E-state index in [4.69, 9.17) is 4.74 Å². The number of hydrogen-bond donors (Lipinski definition) is 0. The number of sulfone groups is 1. The Kier molecular flexibility index (Phi) is 3.98. The molecule has 8 nitrogen and oxygen atoms in total. The van der Waals surface area contributed by atoms with E-state index in [1.54, 1.807) is 47.2 Å². The lowest BCUT2D eigenvalue weighted by Gasteiger charge is -2.49. The Balaban J connectivity index is 1.47. The maximum atomic E-state index is 12.7. The van der Waals surface area contributed by atoms with Crippen LogP contribution in [-0.4, -0.2) is 64.2 Å². The molecule has 0 unspecified atom stereocenters. The van der Waals surface area contributed by atoms with Crippen LogP contribution in [0.2, 0.25) is 0 Å². The zero-order valence-corrected chi connectivity index (χ0v) is 15.2. The maximum absolute atomic E-state index is 12.7. The van der Waals surface area contributed by atoms with Gasteiger partial charge in [0.1, 0.15) is 10.4 Å². The summed E-state index contributed by atoms with van der Waals surface area (Å²) in [7, 11) is -1.53. The van der Waals surface area contributed by atoms with Crippen LogP contribution in [-0.2, 0) is 16.9 Å². The van der Waals surface area contributed by atoms with Crippen LogP contribution in [0.15, 0.2) is 36.7 Å². The van der Waals surface area contributed by atoms with E-state index in [0.717, 1.165) is 0 Å². The molecule has 1 atom stereocenters. The van der Waals surface area contributed by atoms with Gasteiger partial charge in [-0.15, -0.1) is 0 Å². The van der Waals surface area contributed by atoms with Gasteiger partial charge in [0, 0.05) is 44.5 Å². The predicted octanol–water partition coefficient (Wildman–Crippen LogP) is 0.523. The Labute approximate surface area is 151 Å². The quantitative estimate of drug-likeness (QED) is 0.772. The van der Waals surface area contributed by atoms with E-state index in [0.29, 0.717) is 18.0 Å². The molecule has 1 amide bonds. The maximum Gasteiger partial charge on any atom is 0.274 e. The lowest BCUT2D eigenvalue weighted by Crippen LogP contribution is -2.69. The van der Waals surface area contributed by atoms with Gasteiger partial charge in [-0.3, -0.25) is 9.48 Å². The lowest BCUT2D eigenvalue weighted by atomic mass is 9.83. The van der Waals surface area contributed by atoms with Crippen molar-refractivity contribution in [1.29, 1.82) is 0 Å². The summed E-state index contributed by atoms with van der Waals surface area (Å²) in [5.41, 5.74) is 0.332. The molecule has 4 heterocycles. The molecule has 2 aliphatic rings. The molecule has 0 aliphatic carbocycles.